The van der Waals surface area contributed by atoms with E-state index in [-0.39, 0.29) is 0 Å². The molecule has 0 aromatic rings. The van der Waals surface area contributed by atoms with E-state index in [4.69, 9.17) is 4.74 Å². The second-order valence-electron chi connectivity index (χ2n) is 4.47. The molecule has 1 aliphatic carbocycles. The minimum Gasteiger partial charge on any atom is -0.377 e. The summed E-state index contributed by atoms with van der Waals surface area (Å²) in [5.41, 5.74) is 0. The Balaban J connectivity index is 1.75. The molecule has 1 N–H and O–H groups in total. The molecule has 2 nitrogen and oxygen atoms in total. The van der Waals surface area contributed by atoms with Crippen LogP contribution in [0.5, 0.6) is 0 Å². The fourth-order valence-corrected chi connectivity index (χ4v) is 2.52. The summed E-state index contributed by atoms with van der Waals surface area (Å²) in [5, 5.41) is 3.74. The van der Waals surface area contributed by atoms with E-state index >= 15 is 0 Å². The predicted octanol–water partition coefficient (Wildman–Crippen LogP) is 2.09. The lowest BCUT2D eigenvalue weighted by Gasteiger charge is -2.27. The van der Waals surface area contributed by atoms with Crippen LogP contribution in [0.2, 0.25) is 0 Å². The Morgan fingerprint density at radius 2 is 1.85 bits per heavy atom. The first kappa shape index (κ1) is 9.47. The van der Waals surface area contributed by atoms with Crippen molar-refractivity contribution in [2.24, 2.45) is 0 Å². The van der Waals surface area contributed by atoms with Crippen LogP contribution in [0.25, 0.3) is 0 Å². The molecular formula is C11H21NO. The SMILES string of the molecule is C[C@H]1OCC[C@H]1NC1CCCCC1. The van der Waals surface area contributed by atoms with Crippen LogP contribution in [0.4, 0.5) is 0 Å². The van der Waals surface area contributed by atoms with Gasteiger partial charge in [-0.1, -0.05) is 19.3 Å². The number of nitrogens with one attached hydrogen (secondary N) is 1. The average molecular weight is 183 g/mol. The molecule has 0 unspecified atom stereocenters. The van der Waals surface area contributed by atoms with Crippen molar-refractivity contribution in [3.63, 3.8) is 0 Å². The van der Waals surface area contributed by atoms with E-state index in [1.54, 1.807) is 0 Å². The van der Waals surface area contributed by atoms with Gasteiger partial charge in [-0.15, -0.1) is 0 Å². The monoisotopic (exact) mass is 183 g/mol. The van der Waals surface area contributed by atoms with E-state index in [1.165, 1.54) is 38.5 Å². The highest BCUT2D eigenvalue weighted by Crippen LogP contribution is 2.21. The lowest BCUT2D eigenvalue weighted by molar-refractivity contribution is 0.109. The minimum absolute atomic E-state index is 0.432. The summed E-state index contributed by atoms with van der Waals surface area (Å²) in [6.45, 7) is 3.14. The summed E-state index contributed by atoms with van der Waals surface area (Å²) >= 11 is 0. The molecule has 2 aliphatic rings. The maximum Gasteiger partial charge on any atom is 0.0700 e. The zero-order chi connectivity index (χ0) is 9.10. The molecule has 2 rings (SSSR count). The fourth-order valence-electron chi connectivity index (χ4n) is 2.52. The molecule has 2 fully saturated rings. The van der Waals surface area contributed by atoms with Gasteiger partial charge in [-0.2, -0.15) is 0 Å². The highest BCUT2D eigenvalue weighted by Gasteiger charge is 2.26. The standard InChI is InChI=1S/C11H21NO/c1-9-11(7-8-13-9)12-10-5-3-2-4-6-10/h9-12H,2-8H2,1H3/t9-,11-/m1/s1. The molecule has 0 amide bonds. The zero-order valence-electron chi connectivity index (χ0n) is 8.59. The van der Waals surface area contributed by atoms with E-state index in [1.807, 2.05) is 0 Å². The molecule has 13 heavy (non-hydrogen) atoms. The Labute approximate surface area is 81.0 Å². The van der Waals surface area contributed by atoms with Crippen molar-refractivity contribution in [1.29, 1.82) is 0 Å². The van der Waals surface area contributed by atoms with Gasteiger partial charge in [0.05, 0.1) is 6.10 Å². The average Bonchev–Trinajstić information content (AvgIpc) is 2.54. The molecule has 2 atom stereocenters. The third-order valence-electron chi connectivity index (χ3n) is 3.43. The van der Waals surface area contributed by atoms with Gasteiger partial charge in [-0.05, 0) is 26.2 Å². The van der Waals surface area contributed by atoms with Crippen molar-refractivity contribution >= 4 is 0 Å². The van der Waals surface area contributed by atoms with E-state index in [0.717, 1.165) is 12.6 Å². The normalized spacial score (nSPS) is 36.7. The van der Waals surface area contributed by atoms with Crippen LogP contribution in [0.15, 0.2) is 0 Å². The lowest BCUT2D eigenvalue weighted by atomic mass is 9.94. The second-order valence-corrected chi connectivity index (χ2v) is 4.47. The van der Waals surface area contributed by atoms with E-state index in [2.05, 4.69) is 12.2 Å². The van der Waals surface area contributed by atoms with Crippen LogP contribution >= 0.6 is 0 Å². The maximum atomic E-state index is 5.54. The van der Waals surface area contributed by atoms with Crippen LogP contribution in [0.3, 0.4) is 0 Å². The van der Waals surface area contributed by atoms with E-state index < -0.39 is 0 Å². The van der Waals surface area contributed by atoms with E-state index in [0.29, 0.717) is 12.1 Å². The molecule has 0 radical (unpaired) electrons. The molecule has 2 heteroatoms. The molecule has 1 heterocycles. The summed E-state index contributed by atoms with van der Waals surface area (Å²) in [7, 11) is 0. The first-order chi connectivity index (χ1) is 6.36. The molecule has 1 saturated heterocycles. The quantitative estimate of drug-likeness (QED) is 0.707. The largest absolute Gasteiger partial charge is 0.377 e. The van der Waals surface area contributed by atoms with Gasteiger partial charge in [0, 0.05) is 18.7 Å². The number of rotatable bonds is 2. The Hall–Kier alpha value is -0.0800. The Morgan fingerprint density at radius 1 is 1.08 bits per heavy atom. The fraction of sp³-hybridized carbons (Fsp3) is 1.00. The van der Waals surface area contributed by atoms with Crippen LogP contribution in [0.1, 0.15) is 45.4 Å². The van der Waals surface area contributed by atoms with Gasteiger partial charge in [0.2, 0.25) is 0 Å². The van der Waals surface area contributed by atoms with Gasteiger partial charge in [-0.25, -0.2) is 0 Å². The van der Waals surface area contributed by atoms with Crippen molar-refractivity contribution in [3.8, 4) is 0 Å². The van der Waals surface area contributed by atoms with Crippen molar-refractivity contribution < 1.29 is 4.74 Å². The minimum atomic E-state index is 0.432. The van der Waals surface area contributed by atoms with Gasteiger partial charge < -0.3 is 10.1 Å². The smallest absolute Gasteiger partial charge is 0.0700 e. The number of hydrogen-bond acceptors (Lipinski definition) is 2. The summed E-state index contributed by atoms with van der Waals surface area (Å²) in [5.74, 6) is 0. The maximum absolute atomic E-state index is 5.54. The molecule has 1 aliphatic heterocycles. The zero-order valence-corrected chi connectivity index (χ0v) is 8.59. The lowest BCUT2D eigenvalue weighted by Crippen LogP contribution is -2.42. The predicted molar refractivity (Wildman–Crippen MR) is 53.8 cm³/mol. The molecule has 0 aromatic carbocycles. The molecule has 0 aromatic heterocycles. The number of ether oxygens (including phenoxy) is 1. The molecule has 76 valence electrons. The van der Waals surface area contributed by atoms with Crippen molar-refractivity contribution in [1.82, 2.24) is 5.32 Å². The van der Waals surface area contributed by atoms with Crippen LogP contribution in [0, 0.1) is 0 Å². The van der Waals surface area contributed by atoms with Gasteiger partial charge in [0.1, 0.15) is 0 Å². The third-order valence-corrected chi connectivity index (χ3v) is 3.43. The summed E-state index contributed by atoms with van der Waals surface area (Å²) in [6.07, 6.45) is 8.67. The van der Waals surface area contributed by atoms with Gasteiger partial charge in [0.25, 0.3) is 0 Å². The third kappa shape index (κ3) is 2.44. The van der Waals surface area contributed by atoms with Crippen LogP contribution < -0.4 is 5.32 Å². The van der Waals surface area contributed by atoms with Gasteiger partial charge in [-0.3, -0.25) is 0 Å². The van der Waals surface area contributed by atoms with Crippen molar-refractivity contribution in [3.05, 3.63) is 0 Å². The molecule has 0 bridgehead atoms. The molecular weight excluding hydrogens is 162 g/mol. The van der Waals surface area contributed by atoms with Crippen molar-refractivity contribution in [2.45, 2.75) is 63.6 Å². The summed E-state index contributed by atoms with van der Waals surface area (Å²) < 4.78 is 5.54. The Morgan fingerprint density at radius 3 is 2.46 bits per heavy atom. The molecule has 1 saturated carbocycles. The summed E-state index contributed by atoms with van der Waals surface area (Å²) in [6, 6.07) is 1.41. The Kier molecular flexibility index (Phi) is 3.23. The Bertz CT molecular complexity index is 154. The summed E-state index contributed by atoms with van der Waals surface area (Å²) in [4.78, 5) is 0. The van der Waals surface area contributed by atoms with E-state index in [9.17, 15) is 0 Å². The van der Waals surface area contributed by atoms with Crippen LogP contribution in [-0.2, 0) is 4.74 Å². The number of hydrogen-bond donors (Lipinski definition) is 1. The van der Waals surface area contributed by atoms with Crippen LogP contribution in [-0.4, -0.2) is 24.8 Å². The highest BCUT2D eigenvalue weighted by molar-refractivity contribution is 4.84. The second kappa shape index (κ2) is 4.43. The topological polar surface area (TPSA) is 21.3 Å². The molecule has 0 spiro atoms. The van der Waals surface area contributed by atoms with Gasteiger partial charge >= 0.3 is 0 Å². The first-order valence-corrected chi connectivity index (χ1v) is 5.74. The first-order valence-electron chi connectivity index (χ1n) is 5.74. The highest BCUT2D eigenvalue weighted by atomic mass is 16.5. The van der Waals surface area contributed by atoms with Crippen molar-refractivity contribution in [2.75, 3.05) is 6.61 Å². The van der Waals surface area contributed by atoms with Gasteiger partial charge in [0.15, 0.2) is 0 Å².